The summed E-state index contributed by atoms with van der Waals surface area (Å²) in [5.41, 5.74) is 6.02. The fraction of sp³-hybridized carbons (Fsp3) is 0.333. The number of hydrogen-bond acceptors (Lipinski definition) is 4. The average molecular weight is 251 g/mol. The number of likely N-dealkylation sites (N-methyl/N-ethyl adjacent to an activating group) is 1. The Morgan fingerprint density at radius 3 is 2.72 bits per heavy atom. The van der Waals surface area contributed by atoms with Gasteiger partial charge in [0.05, 0.1) is 12.1 Å². The molecule has 0 saturated heterocycles. The number of carbonyl (C=O) groups is 2. The summed E-state index contributed by atoms with van der Waals surface area (Å²) in [6.45, 7) is 2.31. The van der Waals surface area contributed by atoms with Gasteiger partial charge in [-0.05, 0) is 25.1 Å². The van der Waals surface area contributed by atoms with Crippen molar-refractivity contribution in [2.45, 2.75) is 6.92 Å². The summed E-state index contributed by atoms with van der Waals surface area (Å²) in [6.07, 6.45) is 0. The van der Waals surface area contributed by atoms with E-state index in [0.29, 0.717) is 6.54 Å². The number of benzene rings is 1. The highest BCUT2D eigenvalue weighted by Crippen LogP contribution is 2.17. The number of phenolic OH excluding ortho intramolecular Hbond substituents is 1. The molecular formula is C12H17N3O3. The molecular weight excluding hydrogens is 234 g/mol. The van der Waals surface area contributed by atoms with Crippen LogP contribution in [0.5, 0.6) is 5.75 Å². The van der Waals surface area contributed by atoms with E-state index in [0.717, 1.165) is 0 Å². The lowest BCUT2D eigenvalue weighted by Gasteiger charge is -2.15. The van der Waals surface area contributed by atoms with Crippen LogP contribution in [0.3, 0.4) is 0 Å². The summed E-state index contributed by atoms with van der Waals surface area (Å²) in [6, 6.07) is 4.09. The minimum Gasteiger partial charge on any atom is -0.508 e. The number of nitrogens with zero attached hydrogens (tertiary/aromatic N) is 1. The van der Waals surface area contributed by atoms with Crippen molar-refractivity contribution >= 4 is 17.5 Å². The highest BCUT2D eigenvalue weighted by molar-refractivity contribution is 6.01. The van der Waals surface area contributed by atoms with Crippen molar-refractivity contribution in [3.8, 4) is 5.75 Å². The van der Waals surface area contributed by atoms with E-state index in [-0.39, 0.29) is 29.5 Å². The van der Waals surface area contributed by atoms with Crippen LogP contribution < -0.4 is 11.1 Å². The van der Waals surface area contributed by atoms with Crippen LogP contribution in [0.1, 0.15) is 17.3 Å². The molecule has 1 aromatic rings. The third-order valence-electron chi connectivity index (χ3n) is 2.58. The molecule has 6 heteroatoms. The molecule has 2 amide bonds. The van der Waals surface area contributed by atoms with Crippen molar-refractivity contribution in [3.63, 3.8) is 0 Å². The summed E-state index contributed by atoms with van der Waals surface area (Å²) >= 11 is 0. The molecule has 0 aliphatic heterocycles. The lowest BCUT2D eigenvalue weighted by molar-refractivity contribution is -0.128. The zero-order valence-corrected chi connectivity index (χ0v) is 10.4. The Hall–Kier alpha value is -2.24. The number of hydrogen-bond donors (Lipinski definition) is 3. The van der Waals surface area contributed by atoms with Gasteiger partial charge in [0.25, 0.3) is 5.91 Å². The van der Waals surface area contributed by atoms with Crippen LogP contribution in [-0.4, -0.2) is 42.0 Å². The predicted octanol–water partition coefficient (Wildman–Crippen LogP) is 0.182. The van der Waals surface area contributed by atoms with E-state index in [4.69, 9.17) is 5.73 Å². The quantitative estimate of drug-likeness (QED) is 0.525. The minimum atomic E-state index is -0.485. The van der Waals surface area contributed by atoms with E-state index in [2.05, 4.69) is 5.32 Å². The number of nitrogen functional groups attached to an aromatic ring is 1. The van der Waals surface area contributed by atoms with E-state index in [1.165, 1.54) is 23.1 Å². The SMILES string of the molecule is CCN(C)C(=O)CNC(=O)c1cc(O)ccc1N. The number of aromatic hydroxyl groups is 1. The summed E-state index contributed by atoms with van der Waals surface area (Å²) in [5.74, 6) is -0.725. The smallest absolute Gasteiger partial charge is 0.253 e. The number of amides is 2. The number of phenols is 1. The molecule has 0 radical (unpaired) electrons. The molecule has 1 aromatic carbocycles. The van der Waals surface area contributed by atoms with Gasteiger partial charge in [0.2, 0.25) is 5.91 Å². The van der Waals surface area contributed by atoms with Gasteiger partial charge in [0.15, 0.2) is 0 Å². The first-order valence-corrected chi connectivity index (χ1v) is 5.56. The van der Waals surface area contributed by atoms with E-state index >= 15 is 0 Å². The highest BCUT2D eigenvalue weighted by atomic mass is 16.3. The number of nitrogens with one attached hydrogen (secondary N) is 1. The van der Waals surface area contributed by atoms with Crippen LogP contribution in [0.2, 0.25) is 0 Å². The van der Waals surface area contributed by atoms with Gasteiger partial charge < -0.3 is 21.1 Å². The zero-order chi connectivity index (χ0) is 13.7. The second-order valence-corrected chi connectivity index (χ2v) is 3.86. The Balaban J connectivity index is 2.66. The number of carbonyl (C=O) groups excluding carboxylic acids is 2. The second kappa shape index (κ2) is 5.90. The molecule has 0 aromatic heterocycles. The molecule has 0 fully saturated rings. The topological polar surface area (TPSA) is 95.7 Å². The zero-order valence-electron chi connectivity index (χ0n) is 10.4. The predicted molar refractivity (Wildman–Crippen MR) is 68.2 cm³/mol. The molecule has 6 nitrogen and oxygen atoms in total. The normalized spacial score (nSPS) is 9.89. The summed E-state index contributed by atoms with van der Waals surface area (Å²) in [7, 11) is 1.65. The molecule has 0 atom stereocenters. The third kappa shape index (κ3) is 3.38. The van der Waals surface area contributed by atoms with Crippen molar-refractivity contribution in [1.82, 2.24) is 10.2 Å². The Morgan fingerprint density at radius 2 is 2.11 bits per heavy atom. The first kappa shape index (κ1) is 13.8. The fourth-order valence-electron chi connectivity index (χ4n) is 1.30. The Bertz CT molecular complexity index is 460. The van der Waals surface area contributed by atoms with Crippen molar-refractivity contribution in [1.29, 1.82) is 0 Å². The van der Waals surface area contributed by atoms with Crippen LogP contribution in [-0.2, 0) is 4.79 Å². The molecule has 1 rings (SSSR count). The van der Waals surface area contributed by atoms with Gasteiger partial charge in [0.1, 0.15) is 5.75 Å². The maximum atomic E-state index is 11.8. The van der Waals surface area contributed by atoms with Crippen LogP contribution in [0.15, 0.2) is 18.2 Å². The molecule has 4 N–H and O–H groups in total. The van der Waals surface area contributed by atoms with Crippen molar-refractivity contribution in [3.05, 3.63) is 23.8 Å². The van der Waals surface area contributed by atoms with E-state index in [1.54, 1.807) is 7.05 Å². The monoisotopic (exact) mass is 251 g/mol. The number of nitrogens with two attached hydrogens (primary N) is 1. The third-order valence-corrected chi connectivity index (χ3v) is 2.58. The molecule has 0 heterocycles. The molecule has 0 aliphatic rings. The minimum absolute atomic E-state index is 0.0497. The second-order valence-electron chi connectivity index (χ2n) is 3.86. The van der Waals surface area contributed by atoms with E-state index in [1.807, 2.05) is 6.92 Å². The van der Waals surface area contributed by atoms with Crippen LogP contribution >= 0.6 is 0 Å². The standard InChI is InChI=1S/C12H17N3O3/c1-3-15(2)11(17)7-14-12(18)9-6-8(16)4-5-10(9)13/h4-6,16H,3,7,13H2,1-2H3,(H,14,18). The van der Waals surface area contributed by atoms with Gasteiger partial charge in [-0.1, -0.05) is 0 Å². The summed E-state index contributed by atoms with van der Waals surface area (Å²) in [4.78, 5) is 24.7. The fourth-order valence-corrected chi connectivity index (χ4v) is 1.30. The van der Waals surface area contributed by atoms with Crippen molar-refractivity contribution < 1.29 is 14.7 Å². The van der Waals surface area contributed by atoms with Gasteiger partial charge in [-0.2, -0.15) is 0 Å². The van der Waals surface area contributed by atoms with Crippen molar-refractivity contribution in [2.24, 2.45) is 0 Å². The summed E-state index contributed by atoms with van der Waals surface area (Å²) in [5, 5.41) is 11.7. The Morgan fingerprint density at radius 1 is 1.44 bits per heavy atom. The average Bonchev–Trinajstić information content (AvgIpc) is 2.37. The Labute approximate surface area is 105 Å². The molecule has 18 heavy (non-hydrogen) atoms. The maximum absolute atomic E-state index is 11.8. The number of rotatable bonds is 4. The molecule has 0 unspecified atom stereocenters. The lowest BCUT2D eigenvalue weighted by Crippen LogP contribution is -2.38. The van der Waals surface area contributed by atoms with Gasteiger partial charge >= 0.3 is 0 Å². The first-order chi connectivity index (χ1) is 8.45. The molecule has 0 spiro atoms. The molecule has 0 aliphatic carbocycles. The van der Waals surface area contributed by atoms with Crippen molar-refractivity contribution in [2.75, 3.05) is 25.9 Å². The molecule has 98 valence electrons. The van der Waals surface area contributed by atoms with Gasteiger partial charge in [-0.25, -0.2) is 0 Å². The summed E-state index contributed by atoms with van der Waals surface area (Å²) < 4.78 is 0. The van der Waals surface area contributed by atoms with E-state index in [9.17, 15) is 14.7 Å². The maximum Gasteiger partial charge on any atom is 0.253 e. The Kier molecular flexibility index (Phi) is 4.53. The van der Waals surface area contributed by atoms with Gasteiger partial charge in [-0.15, -0.1) is 0 Å². The van der Waals surface area contributed by atoms with Crippen LogP contribution in [0, 0.1) is 0 Å². The number of anilines is 1. The largest absolute Gasteiger partial charge is 0.508 e. The van der Waals surface area contributed by atoms with Gasteiger partial charge in [-0.3, -0.25) is 9.59 Å². The van der Waals surface area contributed by atoms with E-state index < -0.39 is 5.91 Å². The van der Waals surface area contributed by atoms with Crippen LogP contribution in [0.4, 0.5) is 5.69 Å². The molecule has 0 saturated carbocycles. The van der Waals surface area contributed by atoms with Crippen LogP contribution in [0.25, 0.3) is 0 Å². The first-order valence-electron chi connectivity index (χ1n) is 5.56. The highest BCUT2D eigenvalue weighted by Gasteiger charge is 2.13. The van der Waals surface area contributed by atoms with Gasteiger partial charge in [0, 0.05) is 19.3 Å². The molecule has 0 bridgehead atoms. The lowest BCUT2D eigenvalue weighted by atomic mass is 10.1.